The number of hydrogen-bond acceptors (Lipinski definition) is 6. The van der Waals surface area contributed by atoms with Gasteiger partial charge in [-0.1, -0.05) is 18.2 Å². The number of carbonyl (C=O) groups excluding carboxylic acids is 1. The summed E-state index contributed by atoms with van der Waals surface area (Å²) in [6, 6.07) is 11.4. The van der Waals surface area contributed by atoms with Gasteiger partial charge in [-0.05, 0) is 49.8 Å². The molecular weight excluding hydrogens is 382 g/mol. The number of nitro benzene ring substituents is 1. The van der Waals surface area contributed by atoms with Gasteiger partial charge in [-0.25, -0.2) is 0 Å². The van der Waals surface area contributed by atoms with E-state index < -0.39 is 10.8 Å². The fourth-order valence-electron chi connectivity index (χ4n) is 2.36. The average Bonchev–Trinajstić information content (AvgIpc) is 2.66. The van der Waals surface area contributed by atoms with Gasteiger partial charge in [0.1, 0.15) is 18.0 Å². The number of rotatable bonds is 8. The number of ether oxygens (including phenoxy) is 2. The Morgan fingerprint density at radius 2 is 1.96 bits per heavy atom. The first-order chi connectivity index (χ1) is 13.4. The lowest BCUT2D eigenvalue weighted by molar-refractivity contribution is -0.383. The van der Waals surface area contributed by atoms with E-state index in [0.717, 1.165) is 5.56 Å². The third-order valence-corrected chi connectivity index (χ3v) is 3.85. The molecule has 148 valence electrons. The summed E-state index contributed by atoms with van der Waals surface area (Å²) in [6.45, 7) is 4.92. The summed E-state index contributed by atoms with van der Waals surface area (Å²) in [5, 5.41) is 16.4. The molecule has 0 aliphatic rings. The molecule has 0 unspecified atom stereocenters. The summed E-state index contributed by atoms with van der Waals surface area (Å²) in [6.07, 6.45) is 0. The van der Waals surface area contributed by atoms with Crippen molar-refractivity contribution in [3.05, 3.63) is 63.7 Å². The summed E-state index contributed by atoms with van der Waals surface area (Å²) in [7, 11) is 0. The zero-order valence-corrected chi connectivity index (χ0v) is 16.4. The van der Waals surface area contributed by atoms with Gasteiger partial charge in [-0.2, -0.15) is 0 Å². The molecule has 0 aliphatic carbocycles. The van der Waals surface area contributed by atoms with Gasteiger partial charge >= 0.3 is 0 Å². The Kier molecular flexibility index (Phi) is 7.85. The van der Waals surface area contributed by atoms with Crippen molar-refractivity contribution in [2.24, 2.45) is 0 Å². The highest BCUT2D eigenvalue weighted by molar-refractivity contribution is 7.80. The first kappa shape index (κ1) is 21.3. The Balaban J connectivity index is 2.05. The predicted molar refractivity (Wildman–Crippen MR) is 110 cm³/mol. The molecule has 0 fully saturated rings. The first-order valence-corrected chi connectivity index (χ1v) is 9.00. The zero-order valence-electron chi connectivity index (χ0n) is 15.6. The molecule has 1 amide bonds. The van der Waals surface area contributed by atoms with E-state index in [-0.39, 0.29) is 16.5 Å². The summed E-state index contributed by atoms with van der Waals surface area (Å²) >= 11 is 5.13. The summed E-state index contributed by atoms with van der Waals surface area (Å²) in [4.78, 5) is 23.2. The lowest BCUT2D eigenvalue weighted by atomic mass is 10.2. The van der Waals surface area contributed by atoms with Gasteiger partial charge in [-0.15, -0.1) is 0 Å². The van der Waals surface area contributed by atoms with Crippen LogP contribution >= 0.6 is 12.2 Å². The summed E-state index contributed by atoms with van der Waals surface area (Å²) < 4.78 is 10.8. The SMILES string of the molecule is CCOCCOc1ccccc1C(=O)NC(=S)Nc1ccc(C)cc1[N+](=O)[O-]. The number of hydrogen-bond donors (Lipinski definition) is 2. The highest BCUT2D eigenvalue weighted by Crippen LogP contribution is 2.25. The summed E-state index contributed by atoms with van der Waals surface area (Å²) in [5.41, 5.74) is 1.10. The van der Waals surface area contributed by atoms with E-state index in [1.807, 2.05) is 6.92 Å². The summed E-state index contributed by atoms with van der Waals surface area (Å²) in [5.74, 6) is -0.0944. The van der Waals surface area contributed by atoms with E-state index in [2.05, 4.69) is 10.6 Å². The highest BCUT2D eigenvalue weighted by Gasteiger charge is 2.17. The molecule has 2 rings (SSSR count). The van der Waals surface area contributed by atoms with Crippen molar-refractivity contribution >= 4 is 34.6 Å². The fourth-order valence-corrected chi connectivity index (χ4v) is 2.56. The van der Waals surface area contributed by atoms with E-state index in [4.69, 9.17) is 21.7 Å². The quantitative estimate of drug-likeness (QED) is 0.301. The molecule has 2 aromatic rings. The molecule has 2 N–H and O–H groups in total. The molecule has 0 atom stereocenters. The number of anilines is 1. The number of nitrogens with zero attached hydrogens (tertiary/aromatic N) is 1. The van der Waals surface area contributed by atoms with E-state index >= 15 is 0 Å². The number of carbonyl (C=O) groups is 1. The number of thiocarbonyl (C=S) groups is 1. The van der Waals surface area contributed by atoms with Crippen LogP contribution in [0.15, 0.2) is 42.5 Å². The normalized spacial score (nSPS) is 10.2. The van der Waals surface area contributed by atoms with Crippen molar-refractivity contribution in [1.29, 1.82) is 0 Å². The van der Waals surface area contributed by atoms with Crippen LogP contribution in [0.3, 0.4) is 0 Å². The fraction of sp³-hybridized carbons (Fsp3) is 0.263. The third-order valence-electron chi connectivity index (χ3n) is 3.65. The molecule has 0 saturated heterocycles. The number of aryl methyl sites for hydroxylation is 1. The van der Waals surface area contributed by atoms with Gasteiger partial charge in [0.2, 0.25) is 0 Å². The van der Waals surface area contributed by atoms with Crippen LogP contribution in [0.25, 0.3) is 0 Å². The van der Waals surface area contributed by atoms with Gasteiger partial charge in [0.25, 0.3) is 11.6 Å². The van der Waals surface area contributed by atoms with Crippen LogP contribution in [0, 0.1) is 17.0 Å². The highest BCUT2D eigenvalue weighted by atomic mass is 32.1. The maximum absolute atomic E-state index is 12.5. The van der Waals surface area contributed by atoms with Gasteiger partial charge in [-0.3, -0.25) is 20.2 Å². The molecule has 9 heteroatoms. The topological polar surface area (TPSA) is 103 Å². The molecule has 8 nitrogen and oxygen atoms in total. The minimum Gasteiger partial charge on any atom is -0.490 e. The maximum atomic E-state index is 12.5. The van der Waals surface area contributed by atoms with Crippen LogP contribution in [-0.2, 0) is 4.74 Å². The molecule has 0 heterocycles. The second kappa shape index (κ2) is 10.3. The third kappa shape index (κ3) is 6.00. The minimum absolute atomic E-state index is 0.0546. The van der Waals surface area contributed by atoms with Crippen LogP contribution in [0.4, 0.5) is 11.4 Å². The van der Waals surface area contributed by atoms with Crippen LogP contribution in [-0.4, -0.2) is 35.8 Å². The van der Waals surface area contributed by atoms with Crippen molar-refractivity contribution < 1.29 is 19.2 Å². The minimum atomic E-state index is -0.513. The maximum Gasteiger partial charge on any atom is 0.292 e. The lowest BCUT2D eigenvalue weighted by Crippen LogP contribution is -2.34. The standard InChI is InChI=1S/C19H21N3O5S/c1-3-26-10-11-27-17-7-5-4-6-14(17)18(23)21-19(28)20-15-9-8-13(2)12-16(15)22(24)25/h4-9,12H,3,10-11H2,1-2H3,(H2,20,21,23,28). The monoisotopic (exact) mass is 403 g/mol. The van der Waals surface area contributed by atoms with E-state index in [0.29, 0.717) is 31.1 Å². The van der Waals surface area contributed by atoms with Gasteiger partial charge in [0.05, 0.1) is 17.1 Å². The van der Waals surface area contributed by atoms with Crippen molar-refractivity contribution in [2.75, 3.05) is 25.1 Å². The van der Waals surface area contributed by atoms with Gasteiger partial charge in [0, 0.05) is 12.7 Å². The molecule has 0 radical (unpaired) electrons. The molecule has 28 heavy (non-hydrogen) atoms. The van der Waals surface area contributed by atoms with Crippen LogP contribution in [0.1, 0.15) is 22.8 Å². The molecule has 0 spiro atoms. The molecule has 0 aliphatic heterocycles. The van der Waals surface area contributed by atoms with Crippen molar-refractivity contribution in [2.45, 2.75) is 13.8 Å². The number of amides is 1. The Bertz CT molecular complexity index is 872. The Morgan fingerprint density at radius 1 is 1.21 bits per heavy atom. The van der Waals surface area contributed by atoms with Gasteiger partial charge < -0.3 is 14.8 Å². The zero-order chi connectivity index (χ0) is 20.5. The predicted octanol–water partition coefficient (Wildman–Crippen LogP) is 3.45. The average molecular weight is 403 g/mol. The smallest absolute Gasteiger partial charge is 0.292 e. The number of nitrogens with one attached hydrogen (secondary N) is 2. The number of nitro groups is 1. The Morgan fingerprint density at radius 3 is 2.68 bits per heavy atom. The lowest BCUT2D eigenvalue weighted by Gasteiger charge is -2.13. The molecule has 0 bridgehead atoms. The van der Waals surface area contributed by atoms with E-state index in [9.17, 15) is 14.9 Å². The molecule has 0 saturated carbocycles. The van der Waals surface area contributed by atoms with E-state index in [1.54, 1.807) is 37.3 Å². The second-order valence-corrected chi connectivity index (χ2v) is 6.14. The molecular formula is C19H21N3O5S. The second-order valence-electron chi connectivity index (χ2n) is 5.73. The Labute approximate surface area is 168 Å². The van der Waals surface area contributed by atoms with Crippen LogP contribution < -0.4 is 15.4 Å². The van der Waals surface area contributed by atoms with Crippen molar-refractivity contribution in [3.8, 4) is 5.75 Å². The van der Waals surface area contributed by atoms with Crippen molar-refractivity contribution in [3.63, 3.8) is 0 Å². The van der Waals surface area contributed by atoms with Crippen LogP contribution in [0.2, 0.25) is 0 Å². The number of para-hydroxylation sites is 1. The molecule has 0 aromatic heterocycles. The van der Waals surface area contributed by atoms with Gasteiger partial charge in [0.15, 0.2) is 5.11 Å². The van der Waals surface area contributed by atoms with E-state index in [1.165, 1.54) is 12.1 Å². The largest absolute Gasteiger partial charge is 0.490 e. The first-order valence-electron chi connectivity index (χ1n) is 8.59. The number of benzene rings is 2. The van der Waals surface area contributed by atoms with Crippen LogP contribution in [0.5, 0.6) is 5.75 Å². The van der Waals surface area contributed by atoms with Crippen molar-refractivity contribution in [1.82, 2.24) is 5.32 Å². The Hall–Kier alpha value is -3.04. The molecule has 2 aromatic carbocycles.